The molecule has 0 radical (unpaired) electrons. The number of aliphatic hydroxyl groups is 1. The number of thiazole rings is 1. The van der Waals surface area contributed by atoms with Gasteiger partial charge in [-0.1, -0.05) is 19.1 Å². The van der Waals surface area contributed by atoms with Crippen LogP contribution in [0.1, 0.15) is 18.4 Å². The predicted octanol–water partition coefficient (Wildman–Crippen LogP) is 2.16. The fourth-order valence-corrected chi connectivity index (χ4v) is 2.48. The van der Waals surface area contributed by atoms with Gasteiger partial charge in [0.2, 0.25) is 0 Å². The third-order valence-corrected chi connectivity index (χ3v) is 3.63. The van der Waals surface area contributed by atoms with E-state index >= 15 is 0 Å². The van der Waals surface area contributed by atoms with E-state index in [4.69, 9.17) is 5.11 Å². The Morgan fingerprint density at radius 2 is 2.25 bits per heavy atom. The highest BCUT2D eigenvalue weighted by Gasteiger charge is 2.06. The Balaban J connectivity index is 2.04. The van der Waals surface area contributed by atoms with Crippen molar-refractivity contribution in [3.05, 3.63) is 29.3 Å². The maximum atomic E-state index is 9.06. The van der Waals surface area contributed by atoms with Crippen LogP contribution >= 0.6 is 11.3 Å². The molecule has 0 aliphatic carbocycles. The van der Waals surface area contributed by atoms with Gasteiger partial charge in [0.1, 0.15) is 5.01 Å². The monoisotopic (exact) mass is 236 g/mol. The molecule has 0 fully saturated rings. The quantitative estimate of drug-likeness (QED) is 0.836. The zero-order valence-electron chi connectivity index (χ0n) is 9.31. The van der Waals surface area contributed by atoms with E-state index in [0.29, 0.717) is 0 Å². The molecule has 1 atom stereocenters. The van der Waals surface area contributed by atoms with Gasteiger partial charge in [0.25, 0.3) is 0 Å². The van der Waals surface area contributed by atoms with Crippen molar-refractivity contribution in [2.45, 2.75) is 25.9 Å². The molecule has 0 amide bonds. The molecule has 2 aromatic rings. The van der Waals surface area contributed by atoms with Crippen molar-refractivity contribution in [3.63, 3.8) is 0 Å². The van der Waals surface area contributed by atoms with E-state index in [1.54, 1.807) is 11.3 Å². The predicted molar refractivity (Wildman–Crippen MR) is 67.6 cm³/mol. The Bertz CT molecular complexity index is 418. The van der Waals surface area contributed by atoms with Crippen molar-refractivity contribution in [1.82, 2.24) is 10.3 Å². The summed E-state index contributed by atoms with van der Waals surface area (Å²) < 4.78 is 1.22. The molecule has 86 valence electrons. The molecule has 1 unspecified atom stereocenters. The molecule has 1 aromatic carbocycles. The van der Waals surface area contributed by atoms with E-state index in [2.05, 4.69) is 23.3 Å². The van der Waals surface area contributed by atoms with Crippen LogP contribution in [0.15, 0.2) is 24.3 Å². The maximum absolute atomic E-state index is 9.06. The maximum Gasteiger partial charge on any atom is 0.108 e. The lowest BCUT2D eigenvalue weighted by Crippen LogP contribution is -2.31. The highest BCUT2D eigenvalue weighted by atomic mass is 32.1. The summed E-state index contributed by atoms with van der Waals surface area (Å²) in [5.41, 5.74) is 1.06. The van der Waals surface area contributed by atoms with Crippen molar-refractivity contribution in [1.29, 1.82) is 0 Å². The van der Waals surface area contributed by atoms with Gasteiger partial charge in [-0.3, -0.25) is 0 Å². The second-order valence-corrected chi connectivity index (χ2v) is 4.86. The first-order valence-corrected chi connectivity index (χ1v) is 6.33. The standard InChI is InChI=1S/C12H16N2OS/c1-2-9(8-15)13-7-12-14-10-5-3-4-6-11(10)16-12/h3-6,9,13,15H,2,7-8H2,1H3. The average molecular weight is 236 g/mol. The lowest BCUT2D eigenvalue weighted by molar-refractivity contribution is 0.238. The zero-order valence-corrected chi connectivity index (χ0v) is 10.1. The third kappa shape index (κ3) is 2.58. The SMILES string of the molecule is CCC(CO)NCc1nc2ccccc2s1. The van der Waals surface area contributed by atoms with Crippen LogP contribution in [0.25, 0.3) is 10.2 Å². The summed E-state index contributed by atoms with van der Waals surface area (Å²) >= 11 is 1.70. The van der Waals surface area contributed by atoms with Gasteiger partial charge in [0, 0.05) is 12.6 Å². The van der Waals surface area contributed by atoms with Gasteiger partial charge in [0.05, 0.1) is 16.8 Å². The first-order chi connectivity index (χ1) is 7.83. The molecule has 16 heavy (non-hydrogen) atoms. The van der Waals surface area contributed by atoms with Crippen LogP contribution in [0.2, 0.25) is 0 Å². The fourth-order valence-electron chi connectivity index (χ4n) is 1.57. The van der Waals surface area contributed by atoms with Crippen molar-refractivity contribution < 1.29 is 5.11 Å². The molecule has 0 bridgehead atoms. The number of nitrogens with one attached hydrogen (secondary N) is 1. The van der Waals surface area contributed by atoms with Crippen LogP contribution in [0.4, 0.5) is 0 Å². The van der Waals surface area contributed by atoms with E-state index in [9.17, 15) is 0 Å². The number of hydrogen-bond donors (Lipinski definition) is 2. The zero-order chi connectivity index (χ0) is 11.4. The van der Waals surface area contributed by atoms with Crippen LogP contribution < -0.4 is 5.32 Å². The third-order valence-electron chi connectivity index (χ3n) is 2.59. The Labute approximate surface area is 99.1 Å². The molecular formula is C12H16N2OS. The first kappa shape index (κ1) is 11.5. The van der Waals surface area contributed by atoms with Gasteiger partial charge < -0.3 is 10.4 Å². The van der Waals surface area contributed by atoms with Crippen molar-refractivity contribution >= 4 is 21.6 Å². The van der Waals surface area contributed by atoms with E-state index in [1.807, 2.05) is 18.2 Å². The lowest BCUT2D eigenvalue weighted by atomic mass is 10.2. The number of fused-ring (bicyclic) bond motifs is 1. The number of nitrogens with zero attached hydrogens (tertiary/aromatic N) is 1. The van der Waals surface area contributed by atoms with Crippen molar-refractivity contribution in [2.75, 3.05) is 6.61 Å². The topological polar surface area (TPSA) is 45.1 Å². The van der Waals surface area contributed by atoms with Crippen LogP contribution in [0.3, 0.4) is 0 Å². The van der Waals surface area contributed by atoms with Crippen molar-refractivity contribution in [2.24, 2.45) is 0 Å². The van der Waals surface area contributed by atoms with Crippen LogP contribution in [-0.2, 0) is 6.54 Å². The van der Waals surface area contributed by atoms with Crippen LogP contribution in [0, 0.1) is 0 Å². The van der Waals surface area contributed by atoms with Gasteiger partial charge in [0.15, 0.2) is 0 Å². The molecule has 0 saturated heterocycles. The Hall–Kier alpha value is -0.970. The molecule has 0 aliphatic heterocycles. The molecular weight excluding hydrogens is 220 g/mol. The van der Waals surface area contributed by atoms with Gasteiger partial charge in [-0.25, -0.2) is 4.98 Å². The van der Waals surface area contributed by atoms with Gasteiger partial charge in [-0.05, 0) is 18.6 Å². The van der Waals surface area contributed by atoms with Gasteiger partial charge >= 0.3 is 0 Å². The molecule has 2 rings (SSSR count). The smallest absolute Gasteiger partial charge is 0.108 e. The molecule has 1 aromatic heterocycles. The molecule has 1 heterocycles. The number of rotatable bonds is 5. The summed E-state index contributed by atoms with van der Waals surface area (Å²) in [5.74, 6) is 0. The van der Waals surface area contributed by atoms with E-state index in [-0.39, 0.29) is 12.6 Å². The van der Waals surface area contributed by atoms with E-state index in [0.717, 1.165) is 23.5 Å². The molecule has 4 heteroatoms. The number of para-hydroxylation sites is 1. The Kier molecular flexibility index (Phi) is 3.88. The number of benzene rings is 1. The molecule has 0 aliphatic rings. The summed E-state index contributed by atoms with van der Waals surface area (Å²) in [7, 11) is 0. The minimum atomic E-state index is 0.173. The second kappa shape index (κ2) is 5.39. The summed E-state index contributed by atoms with van der Waals surface area (Å²) in [4.78, 5) is 4.53. The average Bonchev–Trinajstić information content (AvgIpc) is 2.73. The Morgan fingerprint density at radius 3 is 2.94 bits per heavy atom. The Morgan fingerprint density at radius 1 is 1.44 bits per heavy atom. The van der Waals surface area contributed by atoms with Crippen LogP contribution in [0.5, 0.6) is 0 Å². The minimum Gasteiger partial charge on any atom is -0.395 e. The van der Waals surface area contributed by atoms with E-state index < -0.39 is 0 Å². The number of aliphatic hydroxyl groups excluding tert-OH is 1. The van der Waals surface area contributed by atoms with Gasteiger partial charge in [-0.15, -0.1) is 11.3 Å². The number of aromatic nitrogens is 1. The van der Waals surface area contributed by atoms with Crippen LogP contribution in [-0.4, -0.2) is 22.7 Å². The first-order valence-electron chi connectivity index (χ1n) is 5.52. The summed E-state index contributed by atoms with van der Waals surface area (Å²) in [6, 6.07) is 8.31. The minimum absolute atomic E-state index is 0.173. The summed E-state index contributed by atoms with van der Waals surface area (Å²) in [6.07, 6.45) is 0.932. The van der Waals surface area contributed by atoms with E-state index in [1.165, 1.54) is 4.70 Å². The molecule has 2 N–H and O–H groups in total. The molecule has 0 spiro atoms. The highest BCUT2D eigenvalue weighted by molar-refractivity contribution is 7.18. The second-order valence-electron chi connectivity index (χ2n) is 3.74. The lowest BCUT2D eigenvalue weighted by Gasteiger charge is -2.11. The largest absolute Gasteiger partial charge is 0.395 e. The normalized spacial score (nSPS) is 13.1. The van der Waals surface area contributed by atoms with Crippen molar-refractivity contribution in [3.8, 4) is 0 Å². The fraction of sp³-hybridized carbons (Fsp3) is 0.417. The summed E-state index contributed by atoms with van der Waals surface area (Å²) in [5, 5.41) is 13.4. The number of hydrogen-bond acceptors (Lipinski definition) is 4. The molecule has 3 nitrogen and oxygen atoms in total. The molecule has 0 saturated carbocycles. The highest BCUT2D eigenvalue weighted by Crippen LogP contribution is 2.21. The summed E-state index contributed by atoms with van der Waals surface area (Å²) in [6.45, 7) is 2.98. The van der Waals surface area contributed by atoms with Gasteiger partial charge in [-0.2, -0.15) is 0 Å².